The van der Waals surface area contributed by atoms with E-state index in [9.17, 15) is 9.59 Å². The van der Waals surface area contributed by atoms with Gasteiger partial charge >= 0.3 is 11.9 Å². The molecule has 0 unspecified atom stereocenters. The summed E-state index contributed by atoms with van der Waals surface area (Å²) >= 11 is 5.09. The Hall–Kier alpha value is -2.65. The lowest BCUT2D eigenvalue weighted by Gasteiger charge is -2.13. The normalized spacial score (nSPS) is 14.1. The number of benzene rings is 1. The zero-order valence-corrected chi connectivity index (χ0v) is 22.2. The molecule has 0 spiro atoms. The second-order valence-corrected chi connectivity index (χ2v) is 10.2. The molecular formula is C25H26BrN3O4S. The number of nitrogens with zero attached hydrogens (tertiary/aromatic N) is 3. The summed E-state index contributed by atoms with van der Waals surface area (Å²) in [6.45, 7) is 7.71. The highest BCUT2D eigenvalue weighted by molar-refractivity contribution is 9.10. The Morgan fingerprint density at radius 1 is 1.29 bits per heavy atom. The number of fused-ring (bicyclic) bond motifs is 4. The van der Waals surface area contributed by atoms with Crippen molar-refractivity contribution in [2.75, 3.05) is 13.7 Å². The lowest BCUT2D eigenvalue weighted by atomic mass is 10.1. The van der Waals surface area contributed by atoms with Gasteiger partial charge in [-0.2, -0.15) is 0 Å². The summed E-state index contributed by atoms with van der Waals surface area (Å²) in [6, 6.07) is 7.66. The van der Waals surface area contributed by atoms with Gasteiger partial charge in [0, 0.05) is 36.4 Å². The Morgan fingerprint density at radius 3 is 2.71 bits per heavy atom. The van der Waals surface area contributed by atoms with Crippen molar-refractivity contribution < 1.29 is 19.1 Å². The van der Waals surface area contributed by atoms with Gasteiger partial charge in [0.1, 0.15) is 16.6 Å². The summed E-state index contributed by atoms with van der Waals surface area (Å²) in [5.41, 5.74) is 3.93. The van der Waals surface area contributed by atoms with Gasteiger partial charge in [-0.05, 0) is 59.5 Å². The molecular weight excluding hydrogens is 518 g/mol. The molecule has 1 aromatic carbocycles. The Bertz CT molecular complexity index is 1330. The number of esters is 2. The molecule has 0 bridgehead atoms. The predicted molar refractivity (Wildman–Crippen MR) is 137 cm³/mol. The van der Waals surface area contributed by atoms with E-state index >= 15 is 0 Å². The van der Waals surface area contributed by atoms with Gasteiger partial charge in [0.2, 0.25) is 0 Å². The number of carbonyl (C=O) groups is 2. The molecule has 0 saturated heterocycles. The van der Waals surface area contributed by atoms with Gasteiger partial charge in [0.15, 0.2) is 0 Å². The zero-order chi connectivity index (χ0) is 24.6. The van der Waals surface area contributed by atoms with Crippen molar-refractivity contribution in [1.82, 2.24) is 9.55 Å². The van der Waals surface area contributed by atoms with Crippen LogP contribution in [0.3, 0.4) is 0 Å². The molecule has 0 aliphatic carbocycles. The van der Waals surface area contributed by atoms with Gasteiger partial charge in [-0.3, -0.25) is 14.4 Å². The number of pyridine rings is 1. The molecule has 0 N–H and O–H groups in total. The van der Waals surface area contributed by atoms with Gasteiger partial charge < -0.3 is 9.47 Å². The average molecular weight is 544 g/mol. The summed E-state index contributed by atoms with van der Waals surface area (Å²) in [4.78, 5) is 34.3. The smallest absolute Gasteiger partial charge is 0.340 e. The van der Waals surface area contributed by atoms with Crippen molar-refractivity contribution in [3.05, 3.63) is 51.3 Å². The number of aromatic nitrogens is 2. The highest BCUT2D eigenvalue weighted by atomic mass is 79.9. The first-order valence-electron chi connectivity index (χ1n) is 11.1. The van der Waals surface area contributed by atoms with Crippen LogP contribution in [0.2, 0.25) is 0 Å². The molecule has 3 heterocycles. The maximum Gasteiger partial charge on any atom is 0.340 e. The van der Waals surface area contributed by atoms with Crippen LogP contribution in [0.15, 0.2) is 38.8 Å². The van der Waals surface area contributed by atoms with Gasteiger partial charge in [-0.25, -0.2) is 9.78 Å². The fourth-order valence-electron chi connectivity index (χ4n) is 4.15. The Morgan fingerprint density at radius 2 is 2.06 bits per heavy atom. The maximum absolute atomic E-state index is 13.1. The van der Waals surface area contributed by atoms with E-state index in [1.807, 2.05) is 16.7 Å². The predicted octanol–water partition coefficient (Wildman–Crippen LogP) is 5.63. The van der Waals surface area contributed by atoms with Crippen LogP contribution in [-0.2, 0) is 21.7 Å². The van der Waals surface area contributed by atoms with E-state index in [1.54, 1.807) is 31.8 Å². The molecule has 7 nitrogen and oxygen atoms in total. The molecule has 34 heavy (non-hydrogen) atoms. The van der Waals surface area contributed by atoms with Crippen LogP contribution in [-0.4, -0.2) is 41.0 Å². The number of hydrogen-bond donors (Lipinski definition) is 0. The Balaban J connectivity index is 1.98. The van der Waals surface area contributed by atoms with E-state index in [4.69, 9.17) is 14.5 Å². The monoisotopic (exact) mass is 543 g/mol. The molecule has 0 fully saturated rings. The van der Waals surface area contributed by atoms with Gasteiger partial charge in [0.05, 0.1) is 27.9 Å². The van der Waals surface area contributed by atoms with Crippen molar-refractivity contribution in [3.63, 3.8) is 0 Å². The van der Waals surface area contributed by atoms with Gasteiger partial charge in [-0.15, -0.1) is 0 Å². The van der Waals surface area contributed by atoms with Crippen molar-refractivity contribution in [2.24, 2.45) is 10.9 Å². The summed E-state index contributed by atoms with van der Waals surface area (Å²) < 4.78 is 13.4. The number of thioether (sulfide) groups is 1. The topological polar surface area (TPSA) is 82.8 Å². The maximum atomic E-state index is 13.1. The van der Waals surface area contributed by atoms with E-state index in [-0.39, 0.29) is 6.61 Å². The highest BCUT2D eigenvalue weighted by Gasteiger charge is 2.31. The fraction of sp³-hybridized carbons (Fsp3) is 0.360. The Kier molecular flexibility index (Phi) is 7.14. The molecule has 0 radical (unpaired) electrons. The largest absolute Gasteiger partial charge is 0.462 e. The first kappa shape index (κ1) is 24.5. The van der Waals surface area contributed by atoms with Crippen molar-refractivity contribution in [3.8, 4) is 5.75 Å². The molecule has 0 atom stereocenters. The number of carbonyl (C=O) groups excluding carboxylic acids is 2. The lowest BCUT2D eigenvalue weighted by Crippen LogP contribution is -2.17. The molecule has 178 valence electrons. The minimum absolute atomic E-state index is 0.250. The minimum Gasteiger partial charge on any atom is -0.462 e. The van der Waals surface area contributed by atoms with E-state index in [2.05, 4.69) is 40.8 Å². The standard InChI is InChI=1S/C25H26BrN3O4S/c1-6-32-25(31)22-17-10-21(33-14(4)30)18(26)11-19(17)29-20(22)12-34-24-16(23(29)27-5)8-7-15(28-24)9-13(2)3/h7-8,10-11,13H,6,9,12H2,1-5H3. The number of hydrogen-bond acceptors (Lipinski definition) is 7. The molecule has 9 heteroatoms. The van der Waals surface area contributed by atoms with E-state index in [1.165, 1.54) is 6.92 Å². The van der Waals surface area contributed by atoms with E-state index in [0.717, 1.165) is 33.9 Å². The SMILES string of the molecule is CCOC(=O)c1c2n(c3cc(Br)c(OC(C)=O)cc13)C(=NC)c1ccc(CC(C)C)nc1SC2. The van der Waals surface area contributed by atoms with Crippen LogP contribution in [0.5, 0.6) is 5.75 Å². The van der Waals surface area contributed by atoms with Crippen LogP contribution in [0.25, 0.3) is 10.9 Å². The lowest BCUT2D eigenvalue weighted by molar-refractivity contribution is -0.131. The molecule has 4 rings (SSSR count). The Labute approximate surface area is 211 Å². The van der Waals surface area contributed by atoms with Gasteiger partial charge in [0.25, 0.3) is 0 Å². The third-order valence-electron chi connectivity index (χ3n) is 5.40. The van der Waals surface area contributed by atoms with Crippen LogP contribution >= 0.6 is 27.7 Å². The van der Waals surface area contributed by atoms with Gasteiger partial charge in [-0.1, -0.05) is 25.6 Å². The molecule has 0 amide bonds. The van der Waals surface area contributed by atoms with E-state index < -0.39 is 11.9 Å². The van der Waals surface area contributed by atoms with Crippen LogP contribution in [0.1, 0.15) is 55.0 Å². The first-order valence-corrected chi connectivity index (χ1v) is 12.9. The summed E-state index contributed by atoms with van der Waals surface area (Å²) in [6.07, 6.45) is 0.891. The second-order valence-electron chi connectivity index (χ2n) is 8.36. The minimum atomic E-state index is -0.443. The first-order chi connectivity index (χ1) is 16.2. The molecule has 1 aliphatic rings. The highest BCUT2D eigenvalue weighted by Crippen LogP contribution is 2.40. The number of ether oxygens (including phenoxy) is 2. The summed E-state index contributed by atoms with van der Waals surface area (Å²) in [5, 5.41) is 1.53. The number of rotatable bonds is 5. The molecule has 1 aliphatic heterocycles. The molecule has 0 saturated carbocycles. The van der Waals surface area contributed by atoms with Crippen molar-refractivity contribution in [2.45, 2.75) is 44.9 Å². The van der Waals surface area contributed by atoms with Crippen LogP contribution in [0.4, 0.5) is 0 Å². The fourth-order valence-corrected chi connectivity index (χ4v) is 5.61. The quantitative estimate of drug-likeness (QED) is 0.306. The van der Waals surface area contributed by atoms with E-state index in [0.29, 0.717) is 38.7 Å². The summed E-state index contributed by atoms with van der Waals surface area (Å²) in [5.74, 6) is 1.18. The number of halogens is 1. The second kappa shape index (κ2) is 9.92. The zero-order valence-electron chi connectivity index (χ0n) is 19.8. The average Bonchev–Trinajstić information content (AvgIpc) is 2.96. The van der Waals surface area contributed by atoms with Crippen LogP contribution < -0.4 is 4.74 Å². The van der Waals surface area contributed by atoms with Crippen molar-refractivity contribution in [1.29, 1.82) is 0 Å². The third kappa shape index (κ3) is 4.51. The molecule has 2 aromatic heterocycles. The number of aliphatic imine (C=N–C) groups is 1. The molecule has 3 aromatic rings. The van der Waals surface area contributed by atoms with Crippen LogP contribution in [0, 0.1) is 5.92 Å². The summed E-state index contributed by atoms with van der Waals surface area (Å²) in [7, 11) is 1.74. The van der Waals surface area contributed by atoms with Crippen molar-refractivity contribution >= 4 is 56.4 Å². The third-order valence-corrected chi connectivity index (χ3v) is 7.02.